The molecule has 1 aliphatic rings. The minimum atomic E-state index is -1.08. The highest BCUT2D eigenvalue weighted by molar-refractivity contribution is 5.80. The molecule has 0 spiro atoms. The Morgan fingerprint density at radius 2 is 1.71 bits per heavy atom. The molecule has 7 heteroatoms. The molecule has 1 aliphatic heterocycles. The lowest BCUT2D eigenvalue weighted by atomic mass is 9.93. The molecule has 0 aliphatic carbocycles. The molecule has 1 aromatic heterocycles. The number of ether oxygens (including phenoxy) is 3. The van der Waals surface area contributed by atoms with E-state index in [9.17, 15) is 14.4 Å². The van der Waals surface area contributed by atoms with Gasteiger partial charge in [0.1, 0.15) is 16.9 Å². The van der Waals surface area contributed by atoms with E-state index in [1.165, 1.54) is 6.07 Å². The minimum absolute atomic E-state index is 0.263. The van der Waals surface area contributed by atoms with Gasteiger partial charge in [0.25, 0.3) is 0 Å². The van der Waals surface area contributed by atoms with Crippen LogP contribution in [0, 0.1) is 11.8 Å². The molecule has 1 aromatic carbocycles. The number of carbonyl (C=O) groups excluding carboxylic acids is 2. The van der Waals surface area contributed by atoms with E-state index in [4.69, 9.17) is 18.6 Å². The highest BCUT2D eigenvalue weighted by Gasteiger charge is 2.49. The minimum Gasteiger partial charge on any atom is -0.481 e. The van der Waals surface area contributed by atoms with Crippen LogP contribution in [-0.4, -0.2) is 23.6 Å². The van der Waals surface area contributed by atoms with Crippen LogP contribution in [0.1, 0.15) is 66.1 Å². The smallest absolute Gasteiger partial charge is 0.336 e. The summed E-state index contributed by atoms with van der Waals surface area (Å²) in [6.07, 6.45) is -0.240. The van der Waals surface area contributed by atoms with Crippen molar-refractivity contribution in [1.82, 2.24) is 0 Å². The first-order chi connectivity index (χ1) is 14.6. The van der Waals surface area contributed by atoms with Crippen LogP contribution in [0.2, 0.25) is 0 Å². The molecular formula is C24H30O7. The third-order valence-corrected chi connectivity index (χ3v) is 5.91. The van der Waals surface area contributed by atoms with E-state index < -0.39 is 23.4 Å². The van der Waals surface area contributed by atoms with Gasteiger partial charge in [0.05, 0.1) is 11.8 Å². The molecule has 31 heavy (non-hydrogen) atoms. The number of esters is 2. The van der Waals surface area contributed by atoms with E-state index in [0.29, 0.717) is 35.1 Å². The van der Waals surface area contributed by atoms with E-state index in [0.717, 1.165) is 0 Å². The summed E-state index contributed by atoms with van der Waals surface area (Å²) < 4.78 is 23.1. The van der Waals surface area contributed by atoms with Crippen molar-refractivity contribution in [2.75, 3.05) is 0 Å². The van der Waals surface area contributed by atoms with E-state index in [2.05, 4.69) is 0 Å². The van der Waals surface area contributed by atoms with Gasteiger partial charge in [-0.2, -0.15) is 0 Å². The predicted molar refractivity (Wildman–Crippen MR) is 115 cm³/mol. The second-order valence-corrected chi connectivity index (χ2v) is 8.72. The maximum absolute atomic E-state index is 12.7. The number of benzene rings is 1. The predicted octanol–water partition coefficient (Wildman–Crippen LogP) is 4.55. The molecule has 2 heterocycles. The Kier molecular flexibility index (Phi) is 6.43. The summed E-state index contributed by atoms with van der Waals surface area (Å²) in [5, 5.41) is 0.682. The van der Waals surface area contributed by atoms with Crippen LogP contribution in [0.15, 0.2) is 33.5 Å². The van der Waals surface area contributed by atoms with Crippen molar-refractivity contribution in [2.24, 2.45) is 11.8 Å². The average molecular weight is 430 g/mol. The number of hydrogen-bond donors (Lipinski definition) is 0. The summed E-state index contributed by atoms with van der Waals surface area (Å²) in [6, 6.07) is 6.38. The molecular weight excluding hydrogens is 400 g/mol. The monoisotopic (exact) mass is 430 g/mol. The molecule has 0 amide bonds. The van der Waals surface area contributed by atoms with Gasteiger partial charge in [-0.1, -0.05) is 27.7 Å². The number of hydrogen-bond acceptors (Lipinski definition) is 7. The van der Waals surface area contributed by atoms with E-state index in [1.807, 2.05) is 13.8 Å². The third-order valence-electron chi connectivity index (χ3n) is 5.91. The highest BCUT2D eigenvalue weighted by atomic mass is 16.6. The zero-order chi connectivity index (χ0) is 22.9. The molecule has 3 rings (SSSR count). The number of rotatable bonds is 7. The molecule has 168 valence electrons. The first-order valence-electron chi connectivity index (χ1n) is 10.7. The first-order valence-corrected chi connectivity index (χ1v) is 10.7. The topological polar surface area (TPSA) is 92.0 Å². The molecule has 4 atom stereocenters. The number of carbonyl (C=O) groups is 2. The van der Waals surface area contributed by atoms with Crippen LogP contribution in [0.25, 0.3) is 11.0 Å². The summed E-state index contributed by atoms with van der Waals surface area (Å²) >= 11 is 0. The van der Waals surface area contributed by atoms with Gasteiger partial charge < -0.3 is 18.6 Å². The van der Waals surface area contributed by atoms with E-state index >= 15 is 0 Å². The SMILES string of the molecule is CC[C@@H](C)C(=O)O[C@@H]1c2cc3ccc(=O)oc3cc2O[C@@H]1C(C)(C)OC(=O)[C@@H](C)CC. The average Bonchev–Trinajstić information content (AvgIpc) is 3.08. The number of fused-ring (bicyclic) bond motifs is 2. The van der Waals surface area contributed by atoms with Gasteiger partial charge in [-0.05, 0) is 38.8 Å². The standard InChI is InChI=1S/C24H30O7/c1-7-13(3)22(26)30-20-16-11-15-9-10-19(25)28-17(15)12-18(16)29-21(20)24(5,6)31-23(27)14(4)8-2/h9-14,20-21H,7-8H2,1-6H3/t13-,14+,20-,21+/m1/s1. The molecule has 7 nitrogen and oxygen atoms in total. The Bertz CT molecular complexity index is 1040. The summed E-state index contributed by atoms with van der Waals surface area (Å²) in [5.41, 5.74) is -0.527. The van der Waals surface area contributed by atoms with Crippen molar-refractivity contribution >= 4 is 22.9 Å². The Morgan fingerprint density at radius 1 is 1.06 bits per heavy atom. The fraction of sp³-hybridized carbons (Fsp3) is 0.542. The van der Waals surface area contributed by atoms with Gasteiger partial charge in [0, 0.05) is 23.1 Å². The Morgan fingerprint density at radius 3 is 2.35 bits per heavy atom. The van der Waals surface area contributed by atoms with Crippen molar-refractivity contribution in [3.05, 3.63) is 40.2 Å². The Hall–Kier alpha value is -2.83. The molecule has 2 aromatic rings. The highest BCUT2D eigenvalue weighted by Crippen LogP contribution is 2.46. The van der Waals surface area contributed by atoms with Crippen LogP contribution in [0.4, 0.5) is 0 Å². The lowest BCUT2D eigenvalue weighted by molar-refractivity contribution is -0.182. The summed E-state index contributed by atoms with van der Waals surface area (Å²) in [6.45, 7) is 10.9. The van der Waals surface area contributed by atoms with Gasteiger partial charge >= 0.3 is 17.6 Å². The molecule has 0 saturated carbocycles. The Labute approximate surface area is 181 Å². The molecule has 0 N–H and O–H groups in total. The molecule has 0 bridgehead atoms. The fourth-order valence-electron chi connectivity index (χ4n) is 3.42. The fourth-order valence-corrected chi connectivity index (χ4v) is 3.42. The van der Waals surface area contributed by atoms with Crippen LogP contribution in [0.5, 0.6) is 5.75 Å². The summed E-state index contributed by atoms with van der Waals surface area (Å²) in [5.74, 6) is -0.802. The second kappa shape index (κ2) is 8.73. The Balaban J connectivity index is 2.02. The normalized spacial score (nSPS) is 19.9. The van der Waals surface area contributed by atoms with Crippen LogP contribution < -0.4 is 10.4 Å². The molecule has 0 unspecified atom stereocenters. The van der Waals surface area contributed by atoms with Crippen molar-refractivity contribution in [3.8, 4) is 5.75 Å². The van der Waals surface area contributed by atoms with E-state index in [-0.39, 0.29) is 23.8 Å². The summed E-state index contributed by atoms with van der Waals surface area (Å²) in [4.78, 5) is 36.8. The second-order valence-electron chi connectivity index (χ2n) is 8.72. The lowest BCUT2D eigenvalue weighted by Crippen LogP contribution is -2.47. The zero-order valence-corrected chi connectivity index (χ0v) is 18.9. The van der Waals surface area contributed by atoms with Gasteiger partial charge in [-0.3, -0.25) is 9.59 Å². The van der Waals surface area contributed by atoms with Gasteiger partial charge in [0.15, 0.2) is 12.2 Å². The van der Waals surface area contributed by atoms with Crippen LogP contribution in [0.3, 0.4) is 0 Å². The van der Waals surface area contributed by atoms with Gasteiger partial charge in [0.2, 0.25) is 0 Å². The summed E-state index contributed by atoms with van der Waals surface area (Å²) in [7, 11) is 0. The first kappa shape index (κ1) is 22.8. The van der Waals surface area contributed by atoms with Crippen molar-refractivity contribution in [1.29, 1.82) is 0 Å². The van der Waals surface area contributed by atoms with Crippen LogP contribution in [-0.2, 0) is 19.1 Å². The molecule has 0 saturated heterocycles. The maximum atomic E-state index is 12.7. The van der Waals surface area contributed by atoms with Gasteiger partial charge in [-0.25, -0.2) is 4.79 Å². The van der Waals surface area contributed by atoms with Crippen molar-refractivity contribution in [2.45, 2.75) is 72.2 Å². The quantitative estimate of drug-likeness (QED) is 0.470. The van der Waals surface area contributed by atoms with Crippen molar-refractivity contribution in [3.63, 3.8) is 0 Å². The van der Waals surface area contributed by atoms with Gasteiger partial charge in [-0.15, -0.1) is 0 Å². The van der Waals surface area contributed by atoms with E-state index in [1.54, 1.807) is 45.9 Å². The molecule has 0 fully saturated rings. The zero-order valence-electron chi connectivity index (χ0n) is 18.9. The maximum Gasteiger partial charge on any atom is 0.336 e. The molecule has 0 radical (unpaired) electrons. The largest absolute Gasteiger partial charge is 0.481 e. The van der Waals surface area contributed by atoms with Crippen molar-refractivity contribution < 1.29 is 28.2 Å². The third kappa shape index (κ3) is 4.60. The lowest BCUT2D eigenvalue weighted by Gasteiger charge is -2.34. The van der Waals surface area contributed by atoms with Crippen LogP contribution >= 0.6 is 0 Å².